The number of carbonyl (C=O) groups is 1. The Morgan fingerprint density at radius 1 is 0.960 bits per heavy atom. The second-order valence-corrected chi connectivity index (χ2v) is 5.51. The van der Waals surface area contributed by atoms with E-state index in [0.717, 1.165) is 17.7 Å². The molecule has 0 saturated heterocycles. The van der Waals surface area contributed by atoms with Gasteiger partial charge in [0.25, 0.3) is 5.91 Å². The SMILES string of the molecule is Cc1cccc(C(=O)Nc2ccc(Nc3ccc(F)c(F)c3)nc2)c1. The molecule has 0 aliphatic carbocycles. The Morgan fingerprint density at radius 2 is 1.76 bits per heavy atom. The van der Waals surface area contributed by atoms with Crippen LogP contribution in [0.4, 0.5) is 26.0 Å². The summed E-state index contributed by atoms with van der Waals surface area (Å²) in [5.41, 5.74) is 2.46. The molecule has 1 heterocycles. The number of hydrogen-bond donors (Lipinski definition) is 2. The molecule has 0 aliphatic rings. The van der Waals surface area contributed by atoms with Crippen LogP contribution in [0.3, 0.4) is 0 Å². The molecule has 0 saturated carbocycles. The van der Waals surface area contributed by atoms with Crippen molar-refractivity contribution in [2.24, 2.45) is 0 Å². The highest BCUT2D eigenvalue weighted by Crippen LogP contribution is 2.19. The van der Waals surface area contributed by atoms with Crippen molar-refractivity contribution >= 4 is 23.1 Å². The number of aromatic nitrogens is 1. The molecule has 4 nitrogen and oxygen atoms in total. The van der Waals surface area contributed by atoms with Crippen LogP contribution in [0.1, 0.15) is 15.9 Å². The maximum absolute atomic E-state index is 13.2. The van der Waals surface area contributed by atoms with Crippen molar-refractivity contribution in [1.82, 2.24) is 4.98 Å². The fourth-order valence-electron chi connectivity index (χ4n) is 2.25. The first-order chi connectivity index (χ1) is 12.0. The van der Waals surface area contributed by atoms with E-state index in [0.29, 0.717) is 22.8 Å². The molecule has 3 rings (SSSR count). The van der Waals surface area contributed by atoms with Crippen LogP contribution in [0.5, 0.6) is 0 Å². The average molecular weight is 339 g/mol. The highest BCUT2D eigenvalue weighted by molar-refractivity contribution is 6.04. The number of nitrogens with zero attached hydrogens (tertiary/aromatic N) is 1. The Bertz CT molecular complexity index is 911. The number of anilines is 3. The van der Waals surface area contributed by atoms with Gasteiger partial charge in [-0.15, -0.1) is 0 Å². The molecule has 2 aromatic carbocycles. The van der Waals surface area contributed by atoms with E-state index in [1.54, 1.807) is 24.3 Å². The molecule has 25 heavy (non-hydrogen) atoms. The summed E-state index contributed by atoms with van der Waals surface area (Å²) in [6, 6.07) is 14.0. The van der Waals surface area contributed by atoms with E-state index >= 15 is 0 Å². The predicted octanol–water partition coefficient (Wildman–Crippen LogP) is 4.66. The number of hydrogen-bond acceptors (Lipinski definition) is 3. The van der Waals surface area contributed by atoms with Gasteiger partial charge >= 0.3 is 0 Å². The lowest BCUT2D eigenvalue weighted by Crippen LogP contribution is -2.12. The van der Waals surface area contributed by atoms with Crippen molar-refractivity contribution in [2.75, 3.05) is 10.6 Å². The van der Waals surface area contributed by atoms with E-state index < -0.39 is 11.6 Å². The molecule has 1 amide bonds. The van der Waals surface area contributed by atoms with Gasteiger partial charge in [-0.3, -0.25) is 4.79 Å². The summed E-state index contributed by atoms with van der Waals surface area (Å²) in [4.78, 5) is 16.3. The number of amides is 1. The van der Waals surface area contributed by atoms with E-state index in [1.807, 2.05) is 19.1 Å². The number of carbonyl (C=O) groups excluding carboxylic acids is 1. The number of nitrogens with one attached hydrogen (secondary N) is 2. The van der Waals surface area contributed by atoms with Gasteiger partial charge < -0.3 is 10.6 Å². The van der Waals surface area contributed by atoms with E-state index in [-0.39, 0.29) is 5.91 Å². The Morgan fingerprint density at radius 3 is 2.44 bits per heavy atom. The van der Waals surface area contributed by atoms with Crippen molar-refractivity contribution in [1.29, 1.82) is 0 Å². The average Bonchev–Trinajstić information content (AvgIpc) is 2.60. The molecule has 126 valence electrons. The zero-order valence-electron chi connectivity index (χ0n) is 13.4. The quantitative estimate of drug-likeness (QED) is 0.727. The normalized spacial score (nSPS) is 10.4. The van der Waals surface area contributed by atoms with Gasteiger partial charge in [-0.2, -0.15) is 0 Å². The number of benzene rings is 2. The monoisotopic (exact) mass is 339 g/mol. The Hall–Kier alpha value is -3.28. The summed E-state index contributed by atoms with van der Waals surface area (Å²) in [5.74, 6) is -1.63. The largest absolute Gasteiger partial charge is 0.340 e. The molecule has 0 bridgehead atoms. The van der Waals surface area contributed by atoms with Crippen LogP contribution in [-0.2, 0) is 0 Å². The van der Waals surface area contributed by atoms with Crippen LogP contribution in [0, 0.1) is 18.6 Å². The minimum Gasteiger partial charge on any atom is -0.340 e. The van der Waals surface area contributed by atoms with Crippen LogP contribution in [0.15, 0.2) is 60.8 Å². The van der Waals surface area contributed by atoms with Crippen LogP contribution in [0.25, 0.3) is 0 Å². The van der Waals surface area contributed by atoms with Crippen molar-refractivity contribution in [3.63, 3.8) is 0 Å². The Labute approximate surface area is 143 Å². The number of pyridine rings is 1. The molecule has 1 aromatic heterocycles. The molecule has 0 unspecified atom stereocenters. The van der Waals surface area contributed by atoms with E-state index in [4.69, 9.17) is 0 Å². The molecular weight excluding hydrogens is 324 g/mol. The molecule has 0 aliphatic heterocycles. The first-order valence-corrected chi connectivity index (χ1v) is 7.57. The van der Waals surface area contributed by atoms with Crippen molar-refractivity contribution in [3.05, 3.63) is 83.6 Å². The third kappa shape index (κ3) is 4.17. The van der Waals surface area contributed by atoms with Gasteiger partial charge in [-0.1, -0.05) is 17.7 Å². The highest BCUT2D eigenvalue weighted by Gasteiger charge is 2.07. The molecule has 3 aromatic rings. The van der Waals surface area contributed by atoms with Crippen molar-refractivity contribution < 1.29 is 13.6 Å². The molecular formula is C19H15F2N3O. The molecule has 0 atom stereocenters. The fraction of sp³-hybridized carbons (Fsp3) is 0.0526. The lowest BCUT2D eigenvalue weighted by Gasteiger charge is -2.08. The van der Waals surface area contributed by atoms with Gasteiger partial charge in [0.15, 0.2) is 11.6 Å². The van der Waals surface area contributed by atoms with Gasteiger partial charge in [-0.05, 0) is 43.3 Å². The minimum atomic E-state index is -0.938. The fourth-order valence-corrected chi connectivity index (χ4v) is 2.25. The van der Waals surface area contributed by atoms with Crippen molar-refractivity contribution in [3.8, 4) is 0 Å². The van der Waals surface area contributed by atoms with Crippen LogP contribution in [-0.4, -0.2) is 10.9 Å². The number of aryl methyl sites for hydroxylation is 1. The minimum absolute atomic E-state index is 0.230. The summed E-state index contributed by atoms with van der Waals surface area (Å²) < 4.78 is 26.1. The topological polar surface area (TPSA) is 54.0 Å². The van der Waals surface area contributed by atoms with E-state index in [1.165, 1.54) is 12.3 Å². The van der Waals surface area contributed by atoms with E-state index in [9.17, 15) is 13.6 Å². The Balaban J connectivity index is 1.67. The maximum Gasteiger partial charge on any atom is 0.255 e. The zero-order chi connectivity index (χ0) is 17.8. The first kappa shape index (κ1) is 16.6. The summed E-state index contributed by atoms with van der Waals surface area (Å²) in [5, 5.41) is 5.62. The van der Waals surface area contributed by atoms with Gasteiger partial charge in [0, 0.05) is 17.3 Å². The first-order valence-electron chi connectivity index (χ1n) is 7.57. The predicted molar refractivity (Wildman–Crippen MR) is 93.0 cm³/mol. The number of halogens is 2. The molecule has 6 heteroatoms. The van der Waals surface area contributed by atoms with Gasteiger partial charge in [0.1, 0.15) is 5.82 Å². The number of rotatable bonds is 4. The second kappa shape index (κ2) is 7.09. The third-order valence-corrected chi connectivity index (χ3v) is 3.49. The molecule has 0 spiro atoms. The smallest absolute Gasteiger partial charge is 0.255 e. The maximum atomic E-state index is 13.2. The van der Waals surface area contributed by atoms with Crippen LogP contribution >= 0.6 is 0 Å². The lowest BCUT2D eigenvalue weighted by molar-refractivity contribution is 0.102. The summed E-state index contributed by atoms with van der Waals surface area (Å²) in [7, 11) is 0. The highest BCUT2D eigenvalue weighted by atomic mass is 19.2. The second-order valence-electron chi connectivity index (χ2n) is 5.51. The van der Waals surface area contributed by atoms with Crippen molar-refractivity contribution in [2.45, 2.75) is 6.92 Å². The van der Waals surface area contributed by atoms with Gasteiger partial charge in [0.2, 0.25) is 0 Å². The summed E-state index contributed by atoms with van der Waals surface area (Å²) >= 11 is 0. The molecule has 0 fully saturated rings. The van der Waals surface area contributed by atoms with Gasteiger partial charge in [-0.25, -0.2) is 13.8 Å². The van der Waals surface area contributed by atoms with Gasteiger partial charge in [0.05, 0.1) is 11.9 Å². The summed E-state index contributed by atoms with van der Waals surface area (Å²) in [6.07, 6.45) is 1.48. The van der Waals surface area contributed by atoms with Crippen LogP contribution in [0.2, 0.25) is 0 Å². The third-order valence-electron chi connectivity index (χ3n) is 3.49. The van der Waals surface area contributed by atoms with E-state index in [2.05, 4.69) is 15.6 Å². The lowest BCUT2D eigenvalue weighted by atomic mass is 10.1. The van der Waals surface area contributed by atoms with Crippen LogP contribution < -0.4 is 10.6 Å². The molecule has 2 N–H and O–H groups in total. The Kier molecular flexibility index (Phi) is 4.70. The standard InChI is InChI=1S/C19H15F2N3O/c1-12-3-2-4-13(9-12)19(25)24-15-6-8-18(22-11-15)23-14-5-7-16(20)17(21)10-14/h2-11H,1H3,(H,22,23)(H,24,25). The summed E-state index contributed by atoms with van der Waals surface area (Å²) in [6.45, 7) is 1.91. The zero-order valence-corrected chi connectivity index (χ0v) is 13.4. The molecule has 0 radical (unpaired) electrons.